The van der Waals surface area contributed by atoms with Gasteiger partial charge in [-0.2, -0.15) is 12.1 Å². The van der Waals surface area contributed by atoms with Crippen LogP contribution >= 0.6 is 0 Å². The molecule has 2 aromatic heterocycles. The summed E-state index contributed by atoms with van der Waals surface area (Å²) in [4.78, 5) is 9.85. The van der Waals surface area contributed by atoms with E-state index in [2.05, 4.69) is 305 Å². The SMILES string of the molecule is CC(C)(C)c1ccc(-c2cccc(-c3ccccc3)c2N2[CH-]N(c3[c-]c(Oc4[c-]c5c(cc4-c4ccccc4)c4cc(-c6ccccc6)ccc4n5-c4cc(C(C)(C)C)c(-c5ccccc5)cn4)ccc3)c3ccccc32)cc1.[Pt]. The zero-order valence-corrected chi connectivity index (χ0v) is 48.0. The van der Waals surface area contributed by atoms with E-state index in [1.54, 1.807) is 0 Å². The minimum Gasteiger partial charge on any atom is -0.509 e. The monoisotopic (exact) mass is 1210 g/mol. The Balaban J connectivity index is 0.00000637. The maximum Gasteiger partial charge on any atom is 0.135 e. The molecule has 13 rings (SSSR count). The molecule has 0 spiro atoms. The van der Waals surface area contributed by atoms with Crippen LogP contribution in [0.4, 0.5) is 22.7 Å². The van der Waals surface area contributed by atoms with Gasteiger partial charge < -0.3 is 19.1 Å². The molecule has 1 aliphatic rings. The van der Waals surface area contributed by atoms with Crippen LogP contribution in [0.3, 0.4) is 0 Å². The standard InChI is InChI=1S/C74H59N4O.Pt/c1-73(2,3)56-40-37-54(38-41-56)60-34-22-33-59(51-25-13-8-14-26-51)72(60)77-49-76(67-35-19-20-36-68(67)77)57-31-21-32-58(44-57)79-70-47-69-63(45-61(70)52-27-15-9-16-28-52)62-43-55(50-23-11-7-12-24-50)39-42-66(62)78(69)71-46-65(74(4,5)6)64(48-75-71)53-29-17-10-18-30-53;/h7-43,45-46,48-49H,1-6H3;/q-3;. The van der Waals surface area contributed by atoms with Gasteiger partial charge in [-0.1, -0.05) is 246 Å². The average molecular weight is 1220 g/mol. The molecule has 12 aromatic rings. The average Bonchev–Trinajstić information content (AvgIpc) is 4.11. The van der Waals surface area contributed by atoms with Crippen LogP contribution in [0.1, 0.15) is 52.7 Å². The number of nitrogens with zero attached hydrogens (tertiary/aromatic N) is 4. The zero-order chi connectivity index (χ0) is 53.8. The first-order valence-corrected chi connectivity index (χ1v) is 27.2. The number of aromatic nitrogens is 2. The Morgan fingerprint density at radius 2 is 0.975 bits per heavy atom. The second-order valence-electron chi connectivity index (χ2n) is 22.5. The smallest absolute Gasteiger partial charge is 0.135 e. The van der Waals surface area contributed by atoms with Gasteiger partial charge in [0, 0.05) is 78.0 Å². The third kappa shape index (κ3) is 9.71. The van der Waals surface area contributed by atoms with Gasteiger partial charge in [-0.25, -0.2) is 4.98 Å². The van der Waals surface area contributed by atoms with Crippen LogP contribution in [-0.2, 0) is 31.9 Å². The Kier molecular flexibility index (Phi) is 13.7. The fraction of sp³-hybridized carbons (Fsp3) is 0.108. The summed E-state index contributed by atoms with van der Waals surface area (Å²) in [5, 5.41) is 2.15. The van der Waals surface area contributed by atoms with E-state index in [-0.39, 0.29) is 31.9 Å². The maximum absolute atomic E-state index is 7.19. The first kappa shape index (κ1) is 52.0. The number of hydrogen-bond acceptors (Lipinski definition) is 4. The van der Waals surface area contributed by atoms with Crippen molar-refractivity contribution >= 4 is 44.6 Å². The summed E-state index contributed by atoms with van der Waals surface area (Å²) in [6, 6.07) is 91.7. The molecule has 1 aliphatic heterocycles. The number of rotatable bonds is 10. The van der Waals surface area contributed by atoms with Crippen molar-refractivity contribution in [2.45, 2.75) is 52.4 Å². The summed E-state index contributed by atoms with van der Waals surface area (Å²) in [5.74, 6) is 1.96. The zero-order valence-electron chi connectivity index (χ0n) is 45.7. The fourth-order valence-electron chi connectivity index (χ4n) is 11.2. The van der Waals surface area contributed by atoms with Crippen LogP contribution in [0, 0.1) is 18.8 Å². The summed E-state index contributed by atoms with van der Waals surface area (Å²) >= 11 is 0. The van der Waals surface area contributed by atoms with Crippen molar-refractivity contribution in [2.24, 2.45) is 0 Å². The molecule has 80 heavy (non-hydrogen) atoms. The molecule has 5 nitrogen and oxygen atoms in total. The molecule has 0 fully saturated rings. The Bertz CT molecular complexity index is 4200. The minimum absolute atomic E-state index is 0. The third-order valence-electron chi connectivity index (χ3n) is 15.3. The second kappa shape index (κ2) is 21.1. The molecule has 6 heteroatoms. The van der Waals surface area contributed by atoms with E-state index in [0.29, 0.717) is 11.5 Å². The quantitative estimate of drug-likeness (QED) is 0.128. The van der Waals surface area contributed by atoms with E-state index in [9.17, 15) is 0 Å². The molecule has 0 amide bonds. The summed E-state index contributed by atoms with van der Waals surface area (Å²) in [6.45, 7) is 15.8. The Morgan fingerprint density at radius 1 is 0.438 bits per heavy atom. The van der Waals surface area contributed by atoms with Crippen LogP contribution < -0.4 is 14.5 Å². The van der Waals surface area contributed by atoms with Gasteiger partial charge in [0.05, 0.1) is 0 Å². The van der Waals surface area contributed by atoms with Gasteiger partial charge in [0.2, 0.25) is 0 Å². The molecule has 0 bridgehead atoms. The number of hydrogen-bond donors (Lipinski definition) is 0. The van der Waals surface area contributed by atoms with E-state index in [0.717, 1.165) is 106 Å². The summed E-state index contributed by atoms with van der Waals surface area (Å²) in [5.41, 5.74) is 19.3. The van der Waals surface area contributed by atoms with Crippen molar-refractivity contribution in [3.8, 4) is 73.0 Å². The van der Waals surface area contributed by atoms with Gasteiger partial charge in [0.15, 0.2) is 0 Å². The largest absolute Gasteiger partial charge is 0.509 e. The van der Waals surface area contributed by atoms with Gasteiger partial charge >= 0.3 is 0 Å². The number of pyridine rings is 1. The van der Waals surface area contributed by atoms with E-state index in [1.807, 2.05) is 12.3 Å². The van der Waals surface area contributed by atoms with Crippen molar-refractivity contribution < 1.29 is 25.8 Å². The molecule has 0 saturated heterocycles. The molecule has 394 valence electrons. The summed E-state index contributed by atoms with van der Waals surface area (Å²) in [6.07, 6.45) is 2.04. The van der Waals surface area contributed by atoms with Gasteiger partial charge in [0.1, 0.15) is 5.82 Å². The molecule has 0 N–H and O–H groups in total. The van der Waals surface area contributed by atoms with Crippen molar-refractivity contribution in [3.05, 3.63) is 273 Å². The number of fused-ring (bicyclic) bond motifs is 4. The molecule has 3 heterocycles. The van der Waals surface area contributed by atoms with E-state index < -0.39 is 0 Å². The van der Waals surface area contributed by atoms with E-state index in [4.69, 9.17) is 9.72 Å². The minimum atomic E-state index is -0.183. The van der Waals surface area contributed by atoms with Crippen LogP contribution in [0.2, 0.25) is 0 Å². The number of ether oxygens (including phenoxy) is 1. The Morgan fingerprint density at radius 3 is 1.59 bits per heavy atom. The maximum atomic E-state index is 7.19. The summed E-state index contributed by atoms with van der Waals surface area (Å²) < 4.78 is 9.46. The number of para-hydroxylation sites is 3. The van der Waals surface area contributed by atoms with Crippen molar-refractivity contribution in [2.75, 3.05) is 9.80 Å². The molecule has 0 aliphatic carbocycles. The molecule has 0 atom stereocenters. The van der Waals surface area contributed by atoms with Crippen molar-refractivity contribution in [1.29, 1.82) is 0 Å². The van der Waals surface area contributed by atoms with Gasteiger partial charge in [-0.15, -0.1) is 42.0 Å². The topological polar surface area (TPSA) is 33.5 Å². The van der Waals surface area contributed by atoms with Crippen LogP contribution in [0.15, 0.2) is 243 Å². The number of anilines is 4. The molecular formula is C74H59N4OPt-3. The second-order valence-corrected chi connectivity index (χ2v) is 22.5. The Hall–Kier alpha value is -8.76. The predicted octanol–water partition coefficient (Wildman–Crippen LogP) is 19.9. The van der Waals surface area contributed by atoms with Crippen LogP contribution in [0.25, 0.3) is 83.3 Å². The van der Waals surface area contributed by atoms with Crippen LogP contribution in [-0.4, -0.2) is 9.55 Å². The first-order valence-electron chi connectivity index (χ1n) is 27.2. The van der Waals surface area contributed by atoms with E-state index >= 15 is 0 Å². The third-order valence-corrected chi connectivity index (χ3v) is 15.3. The number of benzene rings is 10. The van der Waals surface area contributed by atoms with E-state index in [1.165, 1.54) is 11.1 Å². The van der Waals surface area contributed by atoms with Crippen molar-refractivity contribution in [3.63, 3.8) is 0 Å². The molecule has 10 aromatic carbocycles. The fourth-order valence-corrected chi connectivity index (χ4v) is 11.2. The molecule has 0 radical (unpaired) electrons. The Labute approximate surface area is 484 Å². The molecular weight excluding hydrogens is 1160 g/mol. The van der Waals surface area contributed by atoms with Gasteiger partial charge in [-0.3, -0.25) is 0 Å². The molecule has 0 saturated carbocycles. The summed E-state index contributed by atoms with van der Waals surface area (Å²) in [7, 11) is 0. The first-order chi connectivity index (χ1) is 38.4. The van der Waals surface area contributed by atoms with Crippen LogP contribution in [0.5, 0.6) is 11.5 Å². The van der Waals surface area contributed by atoms with Crippen molar-refractivity contribution in [1.82, 2.24) is 9.55 Å². The predicted molar refractivity (Wildman–Crippen MR) is 329 cm³/mol. The van der Waals surface area contributed by atoms with Gasteiger partial charge in [-0.05, 0) is 79.4 Å². The molecule has 0 unspecified atom stereocenters. The van der Waals surface area contributed by atoms with Gasteiger partial charge in [0.25, 0.3) is 0 Å². The normalized spacial score (nSPS) is 12.4.